The fourth-order valence-electron chi connectivity index (χ4n) is 9.81. The molecule has 0 spiro atoms. The van der Waals surface area contributed by atoms with Gasteiger partial charge in [0.05, 0.1) is 0 Å². The van der Waals surface area contributed by atoms with Gasteiger partial charge in [-0.05, 0) is 96.3 Å². The average Bonchev–Trinajstić information content (AvgIpc) is 3.44. The van der Waals surface area contributed by atoms with Crippen molar-refractivity contribution in [1.82, 2.24) is 0 Å². The van der Waals surface area contributed by atoms with Gasteiger partial charge in [-0.25, -0.2) is 0 Å². The molecule has 0 saturated carbocycles. The Hall–Kier alpha value is -3.15. The van der Waals surface area contributed by atoms with E-state index in [-0.39, 0.29) is 31.1 Å². The van der Waals surface area contributed by atoms with Crippen molar-refractivity contribution in [3.05, 3.63) is 72.9 Å². The first-order chi connectivity index (χ1) is 38.5. The summed E-state index contributed by atoms with van der Waals surface area (Å²) in [6, 6.07) is 0. The van der Waals surface area contributed by atoms with Crippen LogP contribution in [-0.2, 0) is 28.6 Å². The van der Waals surface area contributed by atoms with Gasteiger partial charge in [0.2, 0.25) is 0 Å². The van der Waals surface area contributed by atoms with Crippen LogP contribution in [0.3, 0.4) is 0 Å². The monoisotopic (exact) mass is 1090 g/mol. The predicted molar refractivity (Wildman–Crippen MR) is 339 cm³/mol. The summed E-state index contributed by atoms with van der Waals surface area (Å²) in [6.07, 6.45) is 86.3. The van der Waals surface area contributed by atoms with E-state index < -0.39 is 6.10 Å². The largest absolute Gasteiger partial charge is 0.462 e. The molecule has 1 atom stereocenters. The molecule has 0 radical (unpaired) electrons. The SMILES string of the molecule is CCCCCCC/C=C\C/C=C\C/C=C\CCCCCCCCCCCCC(=O)OCC(COC(=O)CCCCCCCCCCCCCC)OC(=O)CCCCCCCCCC/C=C\C/C=C\C/C=C\CCCCCCC. The Morgan fingerprint density at radius 3 is 0.718 bits per heavy atom. The Balaban J connectivity index is 4.30. The molecule has 6 nitrogen and oxygen atoms in total. The minimum absolute atomic E-state index is 0.0765. The maximum Gasteiger partial charge on any atom is 0.306 e. The van der Waals surface area contributed by atoms with Gasteiger partial charge in [-0.3, -0.25) is 14.4 Å². The predicted octanol–water partition coefficient (Wildman–Crippen LogP) is 23.3. The zero-order valence-electron chi connectivity index (χ0n) is 51.9. The Bertz CT molecular complexity index is 1440. The van der Waals surface area contributed by atoms with E-state index in [2.05, 4.69) is 93.7 Å². The number of ether oxygens (including phenoxy) is 3. The summed E-state index contributed by atoms with van der Waals surface area (Å²) in [5.74, 6) is -0.871. The van der Waals surface area contributed by atoms with E-state index in [4.69, 9.17) is 14.2 Å². The van der Waals surface area contributed by atoms with E-state index in [1.807, 2.05) is 0 Å². The van der Waals surface area contributed by atoms with Gasteiger partial charge >= 0.3 is 17.9 Å². The van der Waals surface area contributed by atoms with Gasteiger partial charge in [0.25, 0.3) is 0 Å². The van der Waals surface area contributed by atoms with E-state index in [9.17, 15) is 14.4 Å². The highest BCUT2D eigenvalue weighted by molar-refractivity contribution is 5.71. The molecule has 0 fully saturated rings. The van der Waals surface area contributed by atoms with Gasteiger partial charge in [0.1, 0.15) is 13.2 Å². The second-order valence-electron chi connectivity index (χ2n) is 22.7. The van der Waals surface area contributed by atoms with E-state index in [1.54, 1.807) is 0 Å². The Morgan fingerprint density at radius 2 is 0.462 bits per heavy atom. The Kier molecular flexibility index (Phi) is 63.7. The van der Waals surface area contributed by atoms with Crippen molar-refractivity contribution in [2.45, 2.75) is 354 Å². The molecule has 0 aliphatic heterocycles. The summed E-state index contributed by atoms with van der Waals surface area (Å²) >= 11 is 0. The van der Waals surface area contributed by atoms with Crippen molar-refractivity contribution >= 4 is 17.9 Å². The number of hydrogen-bond acceptors (Lipinski definition) is 6. The fraction of sp³-hybridized carbons (Fsp3) is 0.792. The molecule has 1 unspecified atom stereocenters. The first-order valence-electron chi connectivity index (χ1n) is 33.9. The quantitative estimate of drug-likeness (QED) is 0.0261. The smallest absolute Gasteiger partial charge is 0.306 e. The topological polar surface area (TPSA) is 78.9 Å². The Morgan fingerprint density at radius 1 is 0.256 bits per heavy atom. The van der Waals surface area contributed by atoms with Crippen molar-refractivity contribution in [2.75, 3.05) is 13.2 Å². The molecular weight excluding hydrogens is 961 g/mol. The van der Waals surface area contributed by atoms with Crippen molar-refractivity contribution in [1.29, 1.82) is 0 Å². The molecular formula is C72H128O6. The van der Waals surface area contributed by atoms with Gasteiger partial charge in [-0.2, -0.15) is 0 Å². The van der Waals surface area contributed by atoms with Crippen LogP contribution in [0.2, 0.25) is 0 Å². The van der Waals surface area contributed by atoms with Crippen molar-refractivity contribution < 1.29 is 28.6 Å². The van der Waals surface area contributed by atoms with Crippen LogP contribution in [0.15, 0.2) is 72.9 Å². The number of hydrogen-bond donors (Lipinski definition) is 0. The van der Waals surface area contributed by atoms with E-state index in [1.165, 1.54) is 218 Å². The first-order valence-corrected chi connectivity index (χ1v) is 33.9. The molecule has 0 amide bonds. The van der Waals surface area contributed by atoms with Crippen LogP contribution in [0.4, 0.5) is 0 Å². The lowest BCUT2D eigenvalue weighted by Gasteiger charge is -2.18. The standard InChI is InChI=1S/C72H128O6/c1-4-7-10-13-16-19-22-25-27-29-31-33-35-36-38-39-41-43-45-47-50-53-56-59-62-65-71(74)77-68-69(67-76-70(73)64-61-58-55-52-49-24-21-18-15-12-9-6-3)78-72(75)66-63-60-57-54-51-48-46-44-42-40-37-34-32-30-28-26-23-20-17-14-11-8-5-2/h22-23,25-26,29-32,35-37,40,69H,4-21,24,27-28,33-34,38-39,41-68H2,1-3H3/b25-22-,26-23-,31-29-,32-30-,36-35-,40-37-. The Labute approximate surface area is 484 Å². The van der Waals surface area contributed by atoms with Gasteiger partial charge in [-0.15, -0.1) is 0 Å². The van der Waals surface area contributed by atoms with Gasteiger partial charge in [-0.1, -0.05) is 306 Å². The van der Waals surface area contributed by atoms with Crippen molar-refractivity contribution in [3.63, 3.8) is 0 Å². The summed E-state index contributed by atoms with van der Waals surface area (Å²) in [5.41, 5.74) is 0. The molecule has 0 N–H and O–H groups in total. The van der Waals surface area contributed by atoms with Gasteiger partial charge in [0, 0.05) is 19.3 Å². The third kappa shape index (κ3) is 63.7. The maximum absolute atomic E-state index is 12.9. The third-order valence-electron chi connectivity index (χ3n) is 14.9. The van der Waals surface area contributed by atoms with Gasteiger partial charge in [0.15, 0.2) is 6.10 Å². The fourth-order valence-corrected chi connectivity index (χ4v) is 9.81. The molecule has 0 aromatic heterocycles. The zero-order valence-corrected chi connectivity index (χ0v) is 51.9. The molecule has 6 heteroatoms. The number of allylic oxidation sites excluding steroid dienone is 12. The number of carbonyl (C=O) groups is 3. The summed E-state index contributed by atoms with van der Waals surface area (Å²) in [6.45, 7) is 6.65. The first kappa shape index (κ1) is 74.8. The lowest BCUT2D eigenvalue weighted by Crippen LogP contribution is -2.30. The molecule has 0 aromatic rings. The minimum atomic E-state index is -0.781. The van der Waals surface area contributed by atoms with Crippen LogP contribution in [0, 0.1) is 0 Å². The summed E-state index contributed by atoms with van der Waals surface area (Å²) < 4.78 is 17.0. The van der Waals surface area contributed by atoms with Crippen molar-refractivity contribution in [3.8, 4) is 0 Å². The number of unbranched alkanes of at least 4 members (excludes halogenated alkanes) is 39. The lowest BCUT2D eigenvalue weighted by molar-refractivity contribution is -0.167. The van der Waals surface area contributed by atoms with Crippen LogP contribution < -0.4 is 0 Å². The molecule has 0 heterocycles. The highest BCUT2D eigenvalue weighted by Crippen LogP contribution is 2.17. The molecule has 0 aliphatic carbocycles. The van der Waals surface area contributed by atoms with Crippen LogP contribution in [-0.4, -0.2) is 37.2 Å². The molecule has 0 aromatic carbocycles. The zero-order chi connectivity index (χ0) is 56.4. The normalized spacial score (nSPS) is 12.5. The minimum Gasteiger partial charge on any atom is -0.462 e. The lowest BCUT2D eigenvalue weighted by atomic mass is 10.0. The molecule has 0 bridgehead atoms. The van der Waals surface area contributed by atoms with Crippen LogP contribution >= 0.6 is 0 Å². The van der Waals surface area contributed by atoms with Crippen LogP contribution in [0.25, 0.3) is 0 Å². The second kappa shape index (κ2) is 66.4. The molecule has 452 valence electrons. The number of esters is 3. The van der Waals surface area contributed by atoms with E-state index in [0.29, 0.717) is 19.3 Å². The second-order valence-corrected chi connectivity index (χ2v) is 22.7. The molecule has 0 aliphatic rings. The maximum atomic E-state index is 12.9. The van der Waals surface area contributed by atoms with E-state index in [0.717, 1.165) is 89.9 Å². The van der Waals surface area contributed by atoms with Crippen LogP contribution in [0.5, 0.6) is 0 Å². The van der Waals surface area contributed by atoms with Crippen molar-refractivity contribution in [2.24, 2.45) is 0 Å². The molecule has 0 saturated heterocycles. The summed E-state index contributed by atoms with van der Waals surface area (Å²) in [4.78, 5) is 38.4. The van der Waals surface area contributed by atoms with E-state index >= 15 is 0 Å². The number of rotatable bonds is 62. The molecule has 0 rings (SSSR count). The number of carbonyl (C=O) groups excluding carboxylic acids is 3. The third-order valence-corrected chi connectivity index (χ3v) is 14.9. The average molecular weight is 1090 g/mol. The highest BCUT2D eigenvalue weighted by Gasteiger charge is 2.19. The summed E-state index contributed by atoms with van der Waals surface area (Å²) in [5, 5.41) is 0. The summed E-state index contributed by atoms with van der Waals surface area (Å²) in [7, 11) is 0. The highest BCUT2D eigenvalue weighted by atomic mass is 16.6. The van der Waals surface area contributed by atoms with Gasteiger partial charge < -0.3 is 14.2 Å². The molecule has 78 heavy (non-hydrogen) atoms. The van der Waals surface area contributed by atoms with Crippen LogP contribution in [0.1, 0.15) is 348 Å².